The van der Waals surface area contributed by atoms with Gasteiger partial charge in [0.15, 0.2) is 5.78 Å². The van der Waals surface area contributed by atoms with Gasteiger partial charge in [0.05, 0.1) is 13.0 Å². The van der Waals surface area contributed by atoms with Crippen molar-refractivity contribution in [1.29, 1.82) is 0 Å². The van der Waals surface area contributed by atoms with E-state index in [0.29, 0.717) is 11.6 Å². The second kappa shape index (κ2) is 7.84. The quantitative estimate of drug-likeness (QED) is 0.338. The van der Waals surface area contributed by atoms with Gasteiger partial charge in [-0.3, -0.25) is 9.59 Å². The maximum absolute atomic E-state index is 11.9. The highest BCUT2D eigenvalue weighted by atomic mass is 16.5. The molecule has 2 aromatic rings. The van der Waals surface area contributed by atoms with Crippen LogP contribution in [-0.4, -0.2) is 29.1 Å². The molecule has 0 fully saturated rings. The first-order chi connectivity index (χ1) is 11.1. The number of hydrogen-bond donors (Lipinski definition) is 0. The number of pyridine rings is 1. The van der Waals surface area contributed by atoms with Gasteiger partial charge in [0, 0.05) is 17.8 Å². The van der Waals surface area contributed by atoms with E-state index in [9.17, 15) is 14.4 Å². The molecule has 0 N–H and O–H groups in total. The normalized spacial score (nSPS) is 9.96. The van der Waals surface area contributed by atoms with Crippen LogP contribution in [0.5, 0.6) is 11.6 Å². The van der Waals surface area contributed by atoms with Gasteiger partial charge < -0.3 is 9.47 Å². The van der Waals surface area contributed by atoms with Crippen molar-refractivity contribution in [1.82, 2.24) is 4.98 Å². The average molecular weight is 313 g/mol. The summed E-state index contributed by atoms with van der Waals surface area (Å²) in [6.07, 6.45) is 0.762. The molecular formula is C17H15NO5. The number of para-hydroxylation sites is 1. The third kappa shape index (κ3) is 4.74. The zero-order chi connectivity index (χ0) is 16.7. The Bertz CT molecular complexity index is 695. The number of hydrogen-bond acceptors (Lipinski definition) is 6. The van der Waals surface area contributed by atoms with Gasteiger partial charge >= 0.3 is 5.97 Å². The summed E-state index contributed by atoms with van der Waals surface area (Å²) in [4.78, 5) is 38.6. The van der Waals surface area contributed by atoms with Gasteiger partial charge in [-0.1, -0.05) is 18.2 Å². The lowest BCUT2D eigenvalue weighted by molar-refractivity contribution is -0.153. The van der Waals surface area contributed by atoms with Gasteiger partial charge in [-0.05, 0) is 25.1 Å². The molecule has 0 atom stereocenters. The Hall–Kier alpha value is -3.02. The second-order valence-corrected chi connectivity index (χ2v) is 4.54. The van der Waals surface area contributed by atoms with E-state index in [4.69, 9.17) is 4.74 Å². The number of ether oxygens (including phenoxy) is 2. The zero-order valence-electron chi connectivity index (χ0n) is 12.5. The van der Waals surface area contributed by atoms with E-state index in [0.717, 1.165) is 0 Å². The first-order valence-corrected chi connectivity index (χ1v) is 7.02. The molecule has 23 heavy (non-hydrogen) atoms. The molecule has 0 aliphatic rings. The SMILES string of the molecule is CCOC(=O)C(=O)CC(=O)c1ccc(Oc2ccccc2)nc1. The van der Waals surface area contributed by atoms with Crippen LogP contribution in [0.4, 0.5) is 0 Å². The van der Waals surface area contributed by atoms with E-state index in [-0.39, 0.29) is 12.2 Å². The summed E-state index contributed by atoms with van der Waals surface area (Å²) in [6.45, 7) is 1.67. The van der Waals surface area contributed by atoms with Crippen LogP contribution >= 0.6 is 0 Å². The number of ketones is 2. The maximum Gasteiger partial charge on any atom is 0.375 e. The third-order valence-electron chi connectivity index (χ3n) is 2.85. The van der Waals surface area contributed by atoms with Gasteiger partial charge in [0.25, 0.3) is 0 Å². The molecule has 0 saturated carbocycles. The molecule has 1 aromatic carbocycles. The summed E-state index contributed by atoms with van der Waals surface area (Å²) in [5, 5.41) is 0. The third-order valence-corrected chi connectivity index (χ3v) is 2.85. The molecule has 0 saturated heterocycles. The van der Waals surface area contributed by atoms with E-state index in [1.165, 1.54) is 18.3 Å². The van der Waals surface area contributed by atoms with Crippen LogP contribution in [0.1, 0.15) is 23.7 Å². The molecule has 6 heteroatoms. The Morgan fingerprint density at radius 1 is 1.04 bits per heavy atom. The Morgan fingerprint density at radius 3 is 2.39 bits per heavy atom. The summed E-state index contributed by atoms with van der Waals surface area (Å²) in [5.41, 5.74) is 0.225. The molecule has 118 valence electrons. The number of carbonyl (C=O) groups excluding carboxylic acids is 3. The predicted octanol–water partition coefficient (Wildman–Crippen LogP) is 2.58. The number of esters is 1. The summed E-state index contributed by atoms with van der Waals surface area (Å²) < 4.78 is 10.1. The van der Waals surface area contributed by atoms with Crippen LogP contribution in [0, 0.1) is 0 Å². The molecule has 0 aliphatic heterocycles. The minimum Gasteiger partial charge on any atom is -0.460 e. The highest BCUT2D eigenvalue weighted by Gasteiger charge is 2.20. The highest BCUT2D eigenvalue weighted by molar-refractivity contribution is 6.38. The molecular weight excluding hydrogens is 298 g/mol. The Balaban J connectivity index is 1.97. The summed E-state index contributed by atoms with van der Waals surface area (Å²) >= 11 is 0. The van der Waals surface area contributed by atoms with Crippen molar-refractivity contribution >= 4 is 17.5 Å². The fourth-order valence-corrected chi connectivity index (χ4v) is 1.75. The minimum atomic E-state index is -1.00. The van der Waals surface area contributed by atoms with Gasteiger partial charge in [0.1, 0.15) is 5.75 Å². The lowest BCUT2D eigenvalue weighted by Gasteiger charge is -2.05. The summed E-state index contributed by atoms with van der Waals surface area (Å²) in [5.74, 6) is -1.43. The Labute approximate surface area is 133 Å². The molecule has 0 spiro atoms. The van der Waals surface area contributed by atoms with Crippen LogP contribution in [0.3, 0.4) is 0 Å². The fourth-order valence-electron chi connectivity index (χ4n) is 1.75. The number of Topliss-reactive ketones (excluding diaryl/α,β-unsaturated/α-hetero) is 2. The van der Waals surface area contributed by atoms with Crippen molar-refractivity contribution in [3.63, 3.8) is 0 Å². The zero-order valence-corrected chi connectivity index (χ0v) is 12.5. The van der Waals surface area contributed by atoms with Crippen LogP contribution < -0.4 is 4.74 Å². The molecule has 0 aliphatic carbocycles. The maximum atomic E-state index is 11.9. The van der Waals surface area contributed by atoms with Crippen LogP contribution in [0.15, 0.2) is 48.7 Å². The van der Waals surface area contributed by atoms with E-state index < -0.39 is 24.0 Å². The Kier molecular flexibility index (Phi) is 5.57. The van der Waals surface area contributed by atoms with Crippen molar-refractivity contribution in [2.75, 3.05) is 6.61 Å². The van der Waals surface area contributed by atoms with E-state index in [1.54, 1.807) is 19.1 Å². The number of nitrogens with zero attached hydrogens (tertiary/aromatic N) is 1. The monoisotopic (exact) mass is 313 g/mol. The smallest absolute Gasteiger partial charge is 0.375 e. The number of rotatable bonds is 7. The van der Waals surface area contributed by atoms with Crippen molar-refractivity contribution < 1.29 is 23.9 Å². The van der Waals surface area contributed by atoms with Gasteiger partial charge in [-0.15, -0.1) is 0 Å². The molecule has 1 aromatic heterocycles. The van der Waals surface area contributed by atoms with Crippen molar-refractivity contribution in [2.45, 2.75) is 13.3 Å². The van der Waals surface area contributed by atoms with E-state index >= 15 is 0 Å². The molecule has 1 heterocycles. The van der Waals surface area contributed by atoms with Crippen LogP contribution in [-0.2, 0) is 14.3 Å². The molecule has 0 amide bonds. The van der Waals surface area contributed by atoms with Gasteiger partial charge in [-0.2, -0.15) is 0 Å². The summed E-state index contributed by atoms with van der Waals surface area (Å²) in [7, 11) is 0. The van der Waals surface area contributed by atoms with Crippen molar-refractivity contribution in [3.05, 3.63) is 54.2 Å². The minimum absolute atomic E-state index is 0.0891. The number of aromatic nitrogens is 1. The van der Waals surface area contributed by atoms with Gasteiger partial charge in [0.2, 0.25) is 11.7 Å². The van der Waals surface area contributed by atoms with Gasteiger partial charge in [-0.25, -0.2) is 9.78 Å². The number of carbonyl (C=O) groups is 3. The number of benzene rings is 1. The molecule has 6 nitrogen and oxygen atoms in total. The molecule has 0 bridgehead atoms. The predicted molar refractivity (Wildman–Crippen MR) is 81.3 cm³/mol. The topological polar surface area (TPSA) is 82.6 Å². The van der Waals surface area contributed by atoms with Crippen molar-refractivity contribution in [3.8, 4) is 11.6 Å². The average Bonchev–Trinajstić information content (AvgIpc) is 2.56. The van der Waals surface area contributed by atoms with E-state index in [2.05, 4.69) is 9.72 Å². The molecule has 0 radical (unpaired) electrons. The first-order valence-electron chi connectivity index (χ1n) is 7.02. The highest BCUT2D eigenvalue weighted by Crippen LogP contribution is 2.18. The molecule has 0 unspecified atom stereocenters. The van der Waals surface area contributed by atoms with Crippen LogP contribution in [0.25, 0.3) is 0 Å². The largest absolute Gasteiger partial charge is 0.460 e. The standard InChI is InChI=1S/C17H15NO5/c1-2-22-17(21)15(20)10-14(19)12-8-9-16(18-11-12)23-13-6-4-3-5-7-13/h3-9,11H,2,10H2,1H3. The molecule has 2 rings (SSSR count). The fraction of sp³-hybridized carbons (Fsp3) is 0.176. The van der Waals surface area contributed by atoms with Crippen LogP contribution in [0.2, 0.25) is 0 Å². The summed E-state index contributed by atoms with van der Waals surface area (Å²) in [6, 6.07) is 12.1. The Morgan fingerprint density at radius 2 is 1.78 bits per heavy atom. The lowest BCUT2D eigenvalue weighted by atomic mass is 10.1. The first kappa shape index (κ1) is 16.4. The van der Waals surface area contributed by atoms with E-state index in [1.807, 2.05) is 18.2 Å². The van der Waals surface area contributed by atoms with Crippen molar-refractivity contribution in [2.24, 2.45) is 0 Å². The lowest BCUT2D eigenvalue weighted by Crippen LogP contribution is -2.20. The second-order valence-electron chi connectivity index (χ2n) is 4.54.